The number of β-amino-alcohol motifs (C(OH)–C–C–N with tert-alkyl or cyclic N) is 1. The maximum absolute atomic E-state index is 12.7. The van der Waals surface area contributed by atoms with Crippen molar-refractivity contribution in [3.63, 3.8) is 0 Å². The molecule has 5 N–H and O–H groups in total. The smallest absolute Gasteiger partial charge is 0.251 e. The highest BCUT2D eigenvalue weighted by atomic mass is 35.5. The van der Waals surface area contributed by atoms with E-state index in [0.29, 0.717) is 46.1 Å². The topological polar surface area (TPSA) is 102 Å². The number of nitrogens with one attached hydrogen (secondary N) is 2. The molecule has 3 aromatic rings. The van der Waals surface area contributed by atoms with Crippen LogP contribution in [0.1, 0.15) is 52.6 Å². The molecule has 1 amide bonds. The second kappa shape index (κ2) is 12.6. The van der Waals surface area contributed by atoms with Crippen molar-refractivity contribution in [2.24, 2.45) is 0 Å². The van der Waals surface area contributed by atoms with Gasteiger partial charge in [0.15, 0.2) is 0 Å². The average Bonchev–Trinajstić information content (AvgIpc) is 2.85. The standard InChI is InChI=1S/C28H32Cl2N2O4/c1-28(2,32-16-25(35)20-9-10-24(34)22(14-20)17-33)15-18-5-3-7-21(13-18)27(36)31-12-11-19-6-4-8-23(29)26(19)30/h3-10,13-14,25,32-35H,11-12,15-17H2,1-2H3,(H,31,36)/t25-/m1/s1. The number of hydrogen-bond acceptors (Lipinski definition) is 5. The molecule has 36 heavy (non-hydrogen) atoms. The molecule has 6 nitrogen and oxygen atoms in total. The molecule has 0 saturated heterocycles. The van der Waals surface area contributed by atoms with E-state index in [2.05, 4.69) is 10.6 Å². The van der Waals surface area contributed by atoms with Gasteiger partial charge < -0.3 is 26.0 Å². The molecule has 3 aromatic carbocycles. The lowest BCUT2D eigenvalue weighted by atomic mass is 9.93. The fourth-order valence-electron chi connectivity index (χ4n) is 3.98. The van der Waals surface area contributed by atoms with Gasteiger partial charge in [0.2, 0.25) is 0 Å². The van der Waals surface area contributed by atoms with Gasteiger partial charge in [0, 0.05) is 29.8 Å². The van der Waals surface area contributed by atoms with Crippen LogP contribution < -0.4 is 10.6 Å². The Morgan fingerprint density at radius 3 is 2.53 bits per heavy atom. The van der Waals surface area contributed by atoms with Crippen LogP contribution in [0.25, 0.3) is 0 Å². The van der Waals surface area contributed by atoms with E-state index in [0.717, 1.165) is 11.1 Å². The summed E-state index contributed by atoms with van der Waals surface area (Å²) in [4.78, 5) is 12.7. The van der Waals surface area contributed by atoms with Crippen LogP contribution in [0.5, 0.6) is 5.75 Å². The molecule has 8 heteroatoms. The van der Waals surface area contributed by atoms with Gasteiger partial charge in [-0.05, 0) is 73.7 Å². The number of benzene rings is 3. The molecule has 0 radical (unpaired) electrons. The van der Waals surface area contributed by atoms with Crippen molar-refractivity contribution in [3.05, 3.63) is 98.5 Å². The Morgan fingerprint density at radius 2 is 1.78 bits per heavy atom. The number of hydrogen-bond donors (Lipinski definition) is 5. The molecule has 0 fully saturated rings. The van der Waals surface area contributed by atoms with Gasteiger partial charge in [0.25, 0.3) is 5.91 Å². The van der Waals surface area contributed by atoms with Crippen LogP contribution in [0.3, 0.4) is 0 Å². The maximum Gasteiger partial charge on any atom is 0.251 e. The summed E-state index contributed by atoms with van der Waals surface area (Å²) < 4.78 is 0. The zero-order valence-electron chi connectivity index (χ0n) is 20.4. The Hall–Kier alpha value is -2.61. The Bertz CT molecular complexity index is 1200. The fraction of sp³-hybridized carbons (Fsp3) is 0.321. The molecule has 0 saturated carbocycles. The van der Waals surface area contributed by atoms with Crippen molar-refractivity contribution < 1.29 is 20.1 Å². The fourth-order valence-corrected chi connectivity index (χ4v) is 4.39. The molecule has 0 spiro atoms. The zero-order chi connectivity index (χ0) is 26.3. The van der Waals surface area contributed by atoms with Crippen molar-refractivity contribution in [1.82, 2.24) is 10.6 Å². The van der Waals surface area contributed by atoms with Gasteiger partial charge in [0.1, 0.15) is 5.75 Å². The quantitative estimate of drug-likeness (QED) is 0.245. The van der Waals surface area contributed by atoms with Gasteiger partial charge in [-0.2, -0.15) is 0 Å². The van der Waals surface area contributed by atoms with Gasteiger partial charge in [-0.1, -0.05) is 53.5 Å². The van der Waals surface area contributed by atoms with Crippen molar-refractivity contribution >= 4 is 29.1 Å². The van der Waals surface area contributed by atoms with Crippen LogP contribution in [0.4, 0.5) is 0 Å². The van der Waals surface area contributed by atoms with Gasteiger partial charge in [-0.3, -0.25) is 4.79 Å². The van der Waals surface area contributed by atoms with E-state index in [-0.39, 0.29) is 30.3 Å². The van der Waals surface area contributed by atoms with E-state index >= 15 is 0 Å². The summed E-state index contributed by atoms with van der Waals surface area (Å²) in [7, 11) is 0. The van der Waals surface area contributed by atoms with Gasteiger partial charge in [-0.15, -0.1) is 0 Å². The van der Waals surface area contributed by atoms with Gasteiger partial charge in [0.05, 0.1) is 22.8 Å². The number of phenols is 1. The van der Waals surface area contributed by atoms with Crippen molar-refractivity contribution in [3.8, 4) is 5.75 Å². The van der Waals surface area contributed by atoms with Crippen LogP contribution in [0.15, 0.2) is 60.7 Å². The largest absolute Gasteiger partial charge is 0.508 e. The van der Waals surface area contributed by atoms with E-state index in [9.17, 15) is 20.1 Å². The molecule has 0 bridgehead atoms. The third kappa shape index (κ3) is 7.69. The summed E-state index contributed by atoms with van der Waals surface area (Å²) in [6.45, 7) is 4.47. The number of halogens is 2. The van der Waals surface area contributed by atoms with Crippen molar-refractivity contribution in [2.75, 3.05) is 13.1 Å². The molecule has 0 aliphatic rings. The predicted molar refractivity (Wildman–Crippen MR) is 144 cm³/mol. The lowest BCUT2D eigenvalue weighted by Crippen LogP contribution is -2.43. The number of aliphatic hydroxyl groups excluding tert-OH is 2. The molecule has 0 aromatic heterocycles. The molecule has 0 heterocycles. The minimum absolute atomic E-state index is 0.00100. The lowest BCUT2D eigenvalue weighted by Gasteiger charge is -2.28. The van der Waals surface area contributed by atoms with Crippen molar-refractivity contribution in [2.45, 2.75) is 44.9 Å². The number of aromatic hydroxyl groups is 1. The zero-order valence-corrected chi connectivity index (χ0v) is 21.9. The summed E-state index contributed by atoms with van der Waals surface area (Å²) in [5, 5.41) is 36.9. The van der Waals surface area contributed by atoms with Crippen LogP contribution >= 0.6 is 23.2 Å². The van der Waals surface area contributed by atoms with E-state index in [1.165, 1.54) is 6.07 Å². The SMILES string of the molecule is CC(C)(Cc1cccc(C(=O)NCCc2cccc(Cl)c2Cl)c1)NC[C@@H](O)c1ccc(O)c(CO)c1. The van der Waals surface area contributed by atoms with Crippen LogP contribution in [-0.4, -0.2) is 39.9 Å². The van der Waals surface area contributed by atoms with Gasteiger partial charge >= 0.3 is 0 Å². The highest BCUT2D eigenvalue weighted by Gasteiger charge is 2.21. The monoisotopic (exact) mass is 530 g/mol. The van der Waals surface area contributed by atoms with Crippen LogP contribution in [0, 0.1) is 0 Å². The second-order valence-corrected chi connectivity index (χ2v) is 10.2. The van der Waals surface area contributed by atoms with Crippen molar-refractivity contribution in [1.29, 1.82) is 0 Å². The first-order valence-corrected chi connectivity index (χ1v) is 12.5. The number of carbonyl (C=O) groups is 1. The summed E-state index contributed by atoms with van der Waals surface area (Å²) in [5.74, 6) is -0.165. The number of amides is 1. The van der Waals surface area contributed by atoms with E-state index in [4.69, 9.17) is 23.2 Å². The molecule has 0 aliphatic heterocycles. The first-order valence-electron chi connectivity index (χ1n) is 11.8. The van der Waals surface area contributed by atoms with Crippen LogP contribution in [-0.2, 0) is 19.4 Å². The third-order valence-electron chi connectivity index (χ3n) is 5.98. The highest BCUT2D eigenvalue weighted by Crippen LogP contribution is 2.26. The van der Waals surface area contributed by atoms with E-state index in [1.54, 1.807) is 24.3 Å². The normalized spacial score (nSPS) is 12.4. The first-order chi connectivity index (χ1) is 17.1. The number of aliphatic hydroxyl groups is 2. The Balaban J connectivity index is 1.55. The summed E-state index contributed by atoms with van der Waals surface area (Å²) in [6.07, 6.45) is 0.404. The van der Waals surface area contributed by atoms with Gasteiger partial charge in [-0.25, -0.2) is 0 Å². The Kier molecular flexibility index (Phi) is 9.77. The summed E-state index contributed by atoms with van der Waals surface area (Å²) in [6, 6.07) is 17.6. The Labute approximate surface area is 221 Å². The average molecular weight is 531 g/mol. The molecule has 192 valence electrons. The van der Waals surface area contributed by atoms with Crippen LogP contribution in [0.2, 0.25) is 10.0 Å². The second-order valence-electron chi connectivity index (χ2n) is 9.42. The summed E-state index contributed by atoms with van der Waals surface area (Å²) >= 11 is 12.3. The summed E-state index contributed by atoms with van der Waals surface area (Å²) in [5.41, 5.74) is 3.05. The minimum Gasteiger partial charge on any atom is -0.508 e. The molecular formula is C28H32Cl2N2O4. The number of carbonyl (C=O) groups excluding carboxylic acids is 1. The Morgan fingerprint density at radius 1 is 1.03 bits per heavy atom. The van der Waals surface area contributed by atoms with E-state index < -0.39 is 6.10 Å². The predicted octanol–water partition coefficient (Wildman–Crippen LogP) is 4.81. The number of rotatable bonds is 11. The molecule has 3 rings (SSSR count). The van der Waals surface area contributed by atoms with E-state index in [1.807, 2.05) is 44.2 Å². The lowest BCUT2D eigenvalue weighted by molar-refractivity contribution is 0.0954. The highest BCUT2D eigenvalue weighted by molar-refractivity contribution is 6.42. The molecule has 0 aliphatic carbocycles. The molecule has 0 unspecified atom stereocenters. The molecular weight excluding hydrogens is 499 g/mol. The maximum atomic E-state index is 12.7. The third-order valence-corrected chi connectivity index (χ3v) is 6.84. The minimum atomic E-state index is -0.805. The molecule has 1 atom stereocenters. The first kappa shape index (κ1) is 28.0.